The number of benzene rings is 2. The summed E-state index contributed by atoms with van der Waals surface area (Å²) in [5, 5.41) is 2.77. The van der Waals surface area contributed by atoms with E-state index in [1.807, 2.05) is 12.1 Å². The molecule has 2 aromatic heterocycles. The number of ether oxygens (including phenoxy) is 1. The van der Waals surface area contributed by atoms with E-state index in [0.29, 0.717) is 34.7 Å². The highest BCUT2D eigenvalue weighted by Crippen LogP contribution is 2.19. The van der Waals surface area contributed by atoms with Crippen LogP contribution in [0.2, 0.25) is 0 Å². The first-order chi connectivity index (χ1) is 14.6. The van der Waals surface area contributed by atoms with Crippen LogP contribution in [0.3, 0.4) is 0 Å². The number of hydrogen-bond donors (Lipinski definition) is 1. The van der Waals surface area contributed by atoms with Crippen molar-refractivity contribution in [1.82, 2.24) is 19.5 Å². The highest BCUT2D eigenvalue weighted by molar-refractivity contribution is 6.06. The average molecular weight is 401 g/mol. The first kappa shape index (κ1) is 19.3. The van der Waals surface area contributed by atoms with Gasteiger partial charge in [-0.05, 0) is 31.2 Å². The van der Waals surface area contributed by atoms with Gasteiger partial charge in [-0.15, -0.1) is 0 Å². The largest absolute Gasteiger partial charge is 0.457 e. The first-order valence-corrected chi connectivity index (χ1v) is 9.40. The van der Waals surface area contributed by atoms with E-state index in [0.717, 1.165) is 0 Å². The molecule has 0 aliphatic heterocycles. The molecule has 150 valence electrons. The molecule has 4 aromatic rings. The Kier molecular flexibility index (Phi) is 5.47. The Bertz CT molecular complexity index is 1180. The van der Waals surface area contributed by atoms with Gasteiger partial charge in [-0.1, -0.05) is 36.4 Å². The Hall–Kier alpha value is -4.07. The molecule has 0 aliphatic rings. The van der Waals surface area contributed by atoms with Gasteiger partial charge in [0, 0.05) is 5.56 Å². The van der Waals surface area contributed by atoms with Crippen LogP contribution in [0.15, 0.2) is 73.3 Å². The third-order valence-corrected chi connectivity index (χ3v) is 4.44. The van der Waals surface area contributed by atoms with Crippen molar-refractivity contribution in [3.63, 3.8) is 0 Å². The number of rotatable bonds is 6. The quantitative estimate of drug-likeness (QED) is 0.498. The first-order valence-electron chi connectivity index (χ1n) is 9.40. The van der Waals surface area contributed by atoms with Gasteiger partial charge in [-0.25, -0.2) is 19.7 Å². The Morgan fingerprint density at radius 3 is 2.33 bits per heavy atom. The SMILES string of the molecule is CC(Cn1cnc2c(NC(=O)c3ccccc3)ncnc21)OC(=O)c1ccccc1. The monoisotopic (exact) mass is 401 g/mol. The highest BCUT2D eigenvalue weighted by Gasteiger charge is 2.17. The minimum atomic E-state index is -0.410. The maximum atomic E-state index is 12.4. The molecular formula is C22H19N5O3. The summed E-state index contributed by atoms with van der Waals surface area (Å²) in [5.74, 6) is -0.352. The molecule has 1 N–H and O–H groups in total. The van der Waals surface area contributed by atoms with Crippen LogP contribution in [0.5, 0.6) is 0 Å². The summed E-state index contributed by atoms with van der Waals surface area (Å²) >= 11 is 0. The number of imidazole rings is 1. The molecule has 4 rings (SSSR count). The normalized spacial score (nSPS) is 11.8. The lowest BCUT2D eigenvalue weighted by molar-refractivity contribution is 0.0308. The molecule has 8 nitrogen and oxygen atoms in total. The fourth-order valence-electron chi connectivity index (χ4n) is 3.01. The molecule has 8 heteroatoms. The number of nitrogens with one attached hydrogen (secondary N) is 1. The van der Waals surface area contributed by atoms with Crippen LogP contribution in [-0.4, -0.2) is 37.5 Å². The summed E-state index contributed by atoms with van der Waals surface area (Å²) in [4.78, 5) is 37.4. The van der Waals surface area contributed by atoms with Crippen molar-refractivity contribution in [3.05, 3.63) is 84.4 Å². The second-order valence-corrected chi connectivity index (χ2v) is 6.69. The minimum Gasteiger partial charge on any atom is -0.457 e. The number of amides is 1. The molecule has 0 saturated heterocycles. The Morgan fingerprint density at radius 1 is 0.967 bits per heavy atom. The average Bonchev–Trinajstić information content (AvgIpc) is 3.18. The fourth-order valence-corrected chi connectivity index (χ4v) is 3.01. The smallest absolute Gasteiger partial charge is 0.338 e. The predicted molar refractivity (Wildman–Crippen MR) is 111 cm³/mol. The summed E-state index contributed by atoms with van der Waals surface area (Å²) in [6.45, 7) is 2.16. The molecule has 0 radical (unpaired) electrons. The van der Waals surface area contributed by atoms with E-state index in [-0.39, 0.29) is 5.91 Å². The van der Waals surface area contributed by atoms with E-state index in [1.54, 1.807) is 66.3 Å². The van der Waals surface area contributed by atoms with Crippen LogP contribution in [0, 0.1) is 0 Å². The van der Waals surface area contributed by atoms with Gasteiger partial charge >= 0.3 is 5.97 Å². The highest BCUT2D eigenvalue weighted by atomic mass is 16.5. The number of esters is 1. The van der Waals surface area contributed by atoms with Gasteiger partial charge in [0.05, 0.1) is 18.4 Å². The topological polar surface area (TPSA) is 99.0 Å². The van der Waals surface area contributed by atoms with Crippen molar-refractivity contribution in [1.29, 1.82) is 0 Å². The molecule has 0 saturated carbocycles. The maximum absolute atomic E-state index is 12.4. The molecule has 2 heterocycles. The van der Waals surface area contributed by atoms with Crippen molar-refractivity contribution < 1.29 is 14.3 Å². The Labute approximate surface area is 172 Å². The van der Waals surface area contributed by atoms with E-state index >= 15 is 0 Å². The molecular weight excluding hydrogens is 382 g/mol. The molecule has 0 spiro atoms. The molecule has 1 unspecified atom stereocenters. The van der Waals surface area contributed by atoms with E-state index in [4.69, 9.17) is 4.74 Å². The third-order valence-electron chi connectivity index (χ3n) is 4.44. The number of carbonyl (C=O) groups is 2. The third kappa shape index (κ3) is 4.17. The zero-order valence-corrected chi connectivity index (χ0v) is 16.2. The van der Waals surface area contributed by atoms with Gasteiger partial charge in [-0.3, -0.25) is 4.79 Å². The second-order valence-electron chi connectivity index (χ2n) is 6.69. The number of nitrogens with zero attached hydrogens (tertiary/aromatic N) is 4. The summed E-state index contributed by atoms with van der Waals surface area (Å²) in [6.07, 6.45) is 2.54. The number of anilines is 1. The summed E-state index contributed by atoms with van der Waals surface area (Å²) < 4.78 is 7.27. The molecule has 0 aliphatic carbocycles. The lowest BCUT2D eigenvalue weighted by Crippen LogP contribution is -2.20. The fraction of sp³-hybridized carbons (Fsp3) is 0.136. The van der Waals surface area contributed by atoms with Crippen LogP contribution in [0.1, 0.15) is 27.6 Å². The number of fused-ring (bicyclic) bond motifs is 1. The summed E-state index contributed by atoms with van der Waals surface area (Å²) in [5.41, 5.74) is 2.01. The van der Waals surface area contributed by atoms with E-state index < -0.39 is 12.1 Å². The van der Waals surface area contributed by atoms with Crippen LogP contribution >= 0.6 is 0 Å². The zero-order valence-electron chi connectivity index (χ0n) is 16.2. The van der Waals surface area contributed by atoms with Gasteiger partial charge in [0.15, 0.2) is 17.0 Å². The maximum Gasteiger partial charge on any atom is 0.338 e. The number of carbonyl (C=O) groups excluding carboxylic acids is 2. The lowest BCUT2D eigenvalue weighted by atomic mass is 10.2. The van der Waals surface area contributed by atoms with Crippen LogP contribution < -0.4 is 5.32 Å². The predicted octanol–water partition coefficient (Wildman–Crippen LogP) is 3.32. The Morgan fingerprint density at radius 2 is 1.63 bits per heavy atom. The van der Waals surface area contributed by atoms with Gasteiger partial charge in [0.25, 0.3) is 5.91 Å². The van der Waals surface area contributed by atoms with E-state index in [1.165, 1.54) is 6.33 Å². The van der Waals surface area contributed by atoms with E-state index in [2.05, 4.69) is 20.3 Å². The van der Waals surface area contributed by atoms with Crippen LogP contribution in [-0.2, 0) is 11.3 Å². The van der Waals surface area contributed by atoms with Gasteiger partial charge in [0.1, 0.15) is 12.4 Å². The standard InChI is InChI=1S/C22H19N5O3/c1-15(30-22(29)17-10-6-3-7-11-17)12-27-14-25-18-19(23-13-24-20(18)27)26-21(28)16-8-4-2-5-9-16/h2-11,13-15H,12H2,1H3,(H,23,24,26,28). The van der Waals surface area contributed by atoms with Crippen molar-refractivity contribution in [2.45, 2.75) is 19.6 Å². The summed E-state index contributed by atoms with van der Waals surface area (Å²) in [7, 11) is 0. The number of aromatic nitrogens is 4. The molecule has 0 bridgehead atoms. The van der Waals surface area contributed by atoms with Crippen LogP contribution in [0.25, 0.3) is 11.2 Å². The molecule has 1 atom stereocenters. The van der Waals surface area contributed by atoms with E-state index in [9.17, 15) is 9.59 Å². The molecule has 2 aromatic carbocycles. The number of hydrogen-bond acceptors (Lipinski definition) is 6. The van der Waals surface area contributed by atoms with Crippen molar-refractivity contribution in [3.8, 4) is 0 Å². The zero-order chi connectivity index (χ0) is 20.9. The van der Waals surface area contributed by atoms with Crippen molar-refractivity contribution in [2.75, 3.05) is 5.32 Å². The Balaban J connectivity index is 1.49. The molecule has 1 amide bonds. The minimum absolute atomic E-state index is 0.282. The van der Waals surface area contributed by atoms with Crippen molar-refractivity contribution >= 4 is 28.9 Å². The van der Waals surface area contributed by atoms with Crippen LogP contribution in [0.4, 0.5) is 5.82 Å². The van der Waals surface area contributed by atoms with Gasteiger partial charge in [0.2, 0.25) is 0 Å². The second kappa shape index (κ2) is 8.52. The van der Waals surface area contributed by atoms with Gasteiger partial charge in [-0.2, -0.15) is 0 Å². The molecule has 30 heavy (non-hydrogen) atoms. The molecule has 0 fully saturated rings. The summed E-state index contributed by atoms with van der Waals surface area (Å²) in [6, 6.07) is 17.7. The lowest BCUT2D eigenvalue weighted by Gasteiger charge is -2.14. The van der Waals surface area contributed by atoms with Gasteiger partial charge < -0.3 is 14.6 Å². The van der Waals surface area contributed by atoms with Crippen molar-refractivity contribution in [2.24, 2.45) is 0 Å².